The van der Waals surface area contributed by atoms with Crippen LogP contribution in [0.25, 0.3) is 22.3 Å². The molecule has 4 aromatic rings. The third kappa shape index (κ3) is 3.16. The molecule has 28 heavy (non-hydrogen) atoms. The van der Waals surface area contributed by atoms with Crippen LogP contribution >= 0.6 is 15.9 Å². The topological polar surface area (TPSA) is 77.7 Å². The Morgan fingerprint density at radius 1 is 1.18 bits per heavy atom. The Morgan fingerprint density at radius 3 is 2.89 bits per heavy atom. The van der Waals surface area contributed by atoms with Gasteiger partial charge in [-0.2, -0.15) is 0 Å². The summed E-state index contributed by atoms with van der Waals surface area (Å²) in [7, 11) is 0. The van der Waals surface area contributed by atoms with Crippen molar-refractivity contribution in [2.45, 2.75) is 19.5 Å². The number of nitrogens with zero attached hydrogens (tertiary/aromatic N) is 3. The fourth-order valence-electron chi connectivity index (χ4n) is 3.80. The summed E-state index contributed by atoms with van der Waals surface area (Å²) >= 11 is 3.56. The van der Waals surface area contributed by atoms with Gasteiger partial charge >= 0.3 is 0 Å². The van der Waals surface area contributed by atoms with Crippen molar-refractivity contribution in [1.29, 1.82) is 0 Å². The number of H-pyrrole nitrogens is 2. The average molecular weight is 436 g/mol. The van der Waals surface area contributed by atoms with Crippen molar-refractivity contribution in [2.24, 2.45) is 0 Å². The highest BCUT2D eigenvalue weighted by Crippen LogP contribution is 2.25. The van der Waals surface area contributed by atoms with Crippen molar-refractivity contribution < 1.29 is 0 Å². The fourth-order valence-corrected chi connectivity index (χ4v) is 4.16. The molecule has 1 aliphatic rings. The van der Waals surface area contributed by atoms with Crippen LogP contribution in [0, 0.1) is 0 Å². The lowest BCUT2D eigenvalue weighted by atomic mass is 10.0. The number of rotatable bonds is 3. The van der Waals surface area contributed by atoms with E-state index in [1.54, 1.807) is 12.4 Å². The van der Waals surface area contributed by atoms with Gasteiger partial charge in [-0.25, -0.2) is 4.98 Å². The summed E-state index contributed by atoms with van der Waals surface area (Å²) in [5, 5.41) is 1.22. The summed E-state index contributed by atoms with van der Waals surface area (Å²) in [6, 6.07) is 9.97. The molecule has 0 spiro atoms. The summed E-state index contributed by atoms with van der Waals surface area (Å²) in [6.45, 7) is 2.32. The van der Waals surface area contributed by atoms with E-state index in [0.29, 0.717) is 18.8 Å². The normalized spacial score (nSPS) is 14.3. The van der Waals surface area contributed by atoms with Gasteiger partial charge in [-0.05, 0) is 42.3 Å². The molecule has 140 valence electrons. The van der Waals surface area contributed by atoms with E-state index in [9.17, 15) is 4.79 Å². The number of benzene rings is 1. The van der Waals surface area contributed by atoms with Crippen molar-refractivity contribution in [1.82, 2.24) is 24.8 Å². The molecular formula is C21H18BrN5O. The largest absolute Gasteiger partial charge is 0.361 e. The van der Waals surface area contributed by atoms with Crippen molar-refractivity contribution in [3.63, 3.8) is 0 Å². The Kier molecular flexibility index (Phi) is 4.33. The Bertz CT molecular complexity index is 1210. The summed E-state index contributed by atoms with van der Waals surface area (Å²) in [5.74, 6) is 0.601. The zero-order chi connectivity index (χ0) is 19.1. The smallest absolute Gasteiger partial charge is 0.254 e. The second-order valence-electron chi connectivity index (χ2n) is 7.04. The van der Waals surface area contributed by atoms with E-state index < -0.39 is 0 Å². The maximum Gasteiger partial charge on any atom is 0.254 e. The first-order chi connectivity index (χ1) is 13.7. The minimum atomic E-state index is -0.0347. The first kappa shape index (κ1) is 17.3. The lowest BCUT2D eigenvalue weighted by Gasteiger charge is -2.27. The molecule has 0 aliphatic carbocycles. The molecular weight excluding hydrogens is 418 g/mol. The highest BCUT2D eigenvalue weighted by Gasteiger charge is 2.22. The molecule has 4 heterocycles. The van der Waals surface area contributed by atoms with E-state index in [2.05, 4.69) is 54.1 Å². The van der Waals surface area contributed by atoms with E-state index in [4.69, 9.17) is 4.98 Å². The average Bonchev–Trinajstić information content (AvgIpc) is 3.10. The molecule has 0 saturated heterocycles. The lowest BCUT2D eigenvalue weighted by Crippen LogP contribution is -2.35. The quantitative estimate of drug-likeness (QED) is 0.514. The van der Waals surface area contributed by atoms with Crippen LogP contribution in [0.2, 0.25) is 0 Å². The number of nitrogens with one attached hydrogen (secondary N) is 2. The van der Waals surface area contributed by atoms with Gasteiger partial charge in [0.25, 0.3) is 5.56 Å². The van der Waals surface area contributed by atoms with Crippen LogP contribution in [0.15, 0.2) is 58.2 Å². The molecule has 2 N–H and O–H groups in total. The van der Waals surface area contributed by atoms with Gasteiger partial charge < -0.3 is 9.97 Å². The minimum Gasteiger partial charge on any atom is -0.361 e. The van der Waals surface area contributed by atoms with Crippen molar-refractivity contribution >= 4 is 26.8 Å². The second-order valence-corrected chi connectivity index (χ2v) is 7.96. The number of hydrogen-bond acceptors (Lipinski definition) is 4. The van der Waals surface area contributed by atoms with Gasteiger partial charge in [-0.1, -0.05) is 15.9 Å². The van der Waals surface area contributed by atoms with E-state index in [-0.39, 0.29) is 5.56 Å². The van der Waals surface area contributed by atoms with Crippen LogP contribution < -0.4 is 5.56 Å². The van der Waals surface area contributed by atoms with Crippen LogP contribution in [0.3, 0.4) is 0 Å². The van der Waals surface area contributed by atoms with Gasteiger partial charge in [0, 0.05) is 64.7 Å². The zero-order valence-corrected chi connectivity index (χ0v) is 16.7. The Morgan fingerprint density at radius 2 is 2.04 bits per heavy atom. The molecule has 5 rings (SSSR count). The maximum absolute atomic E-state index is 12.6. The number of halogens is 1. The van der Waals surface area contributed by atoms with E-state index in [1.807, 2.05) is 18.2 Å². The summed E-state index contributed by atoms with van der Waals surface area (Å²) in [4.78, 5) is 29.9. The van der Waals surface area contributed by atoms with Gasteiger partial charge in [0.1, 0.15) is 5.82 Å². The van der Waals surface area contributed by atoms with E-state index in [0.717, 1.165) is 39.9 Å². The van der Waals surface area contributed by atoms with Crippen LogP contribution in [0.4, 0.5) is 0 Å². The van der Waals surface area contributed by atoms with Crippen molar-refractivity contribution in [3.8, 4) is 11.4 Å². The summed E-state index contributed by atoms with van der Waals surface area (Å²) in [5.41, 5.74) is 4.88. The molecule has 0 amide bonds. The number of aromatic amines is 2. The SMILES string of the molecule is O=c1[nH]c(-c2ccncc2)nc2c1CCN(Cc1c[nH]c3ccc(Br)cc13)C2. The van der Waals surface area contributed by atoms with Crippen LogP contribution in [0.1, 0.15) is 16.8 Å². The minimum absolute atomic E-state index is 0.0347. The van der Waals surface area contributed by atoms with Gasteiger partial charge in [0.2, 0.25) is 0 Å². The van der Waals surface area contributed by atoms with Crippen LogP contribution in [-0.2, 0) is 19.5 Å². The third-order valence-electron chi connectivity index (χ3n) is 5.23. The highest BCUT2D eigenvalue weighted by molar-refractivity contribution is 9.10. The van der Waals surface area contributed by atoms with Crippen molar-refractivity contribution in [3.05, 3.63) is 80.6 Å². The van der Waals surface area contributed by atoms with E-state index in [1.165, 1.54) is 10.9 Å². The van der Waals surface area contributed by atoms with Gasteiger partial charge in [-0.3, -0.25) is 14.7 Å². The molecule has 0 unspecified atom stereocenters. The molecule has 1 aliphatic heterocycles. The molecule has 1 aromatic carbocycles. The zero-order valence-electron chi connectivity index (χ0n) is 15.1. The summed E-state index contributed by atoms with van der Waals surface area (Å²) in [6.07, 6.45) is 6.19. The Hall–Kier alpha value is -2.77. The molecule has 7 heteroatoms. The van der Waals surface area contributed by atoms with Crippen LogP contribution in [0.5, 0.6) is 0 Å². The predicted octanol–water partition coefficient (Wildman–Crippen LogP) is 3.63. The number of fused-ring (bicyclic) bond motifs is 2. The monoisotopic (exact) mass is 435 g/mol. The number of hydrogen-bond donors (Lipinski definition) is 2. The molecule has 0 bridgehead atoms. The Labute approximate surface area is 169 Å². The highest BCUT2D eigenvalue weighted by atomic mass is 79.9. The molecule has 0 fully saturated rings. The Balaban J connectivity index is 1.45. The predicted molar refractivity (Wildman–Crippen MR) is 112 cm³/mol. The number of pyridine rings is 1. The fraction of sp³-hybridized carbons (Fsp3) is 0.190. The maximum atomic E-state index is 12.6. The van der Waals surface area contributed by atoms with Crippen LogP contribution in [-0.4, -0.2) is 31.4 Å². The molecule has 0 saturated carbocycles. The molecule has 6 nitrogen and oxygen atoms in total. The number of aromatic nitrogens is 4. The van der Waals surface area contributed by atoms with Gasteiger partial charge in [0.05, 0.1) is 5.69 Å². The lowest BCUT2D eigenvalue weighted by molar-refractivity contribution is 0.241. The van der Waals surface area contributed by atoms with E-state index >= 15 is 0 Å². The standard InChI is InChI=1S/C21H18BrN5O/c22-15-1-2-18-17(9-15)14(10-24-18)11-27-8-5-16-19(12-27)25-20(26-21(16)28)13-3-6-23-7-4-13/h1-4,6-7,9-10,24H,5,8,11-12H2,(H,25,26,28). The molecule has 0 atom stereocenters. The molecule has 0 radical (unpaired) electrons. The van der Waals surface area contributed by atoms with Gasteiger partial charge in [-0.15, -0.1) is 0 Å². The van der Waals surface area contributed by atoms with Crippen molar-refractivity contribution in [2.75, 3.05) is 6.54 Å². The molecule has 3 aromatic heterocycles. The van der Waals surface area contributed by atoms with Gasteiger partial charge in [0.15, 0.2) is 0 Å². The summed E-state index contributed by atoms with van der Waals surface area (Å²) < 4.78 is 1.07. The second kappa shape index (κ2) is 7.00. The third-order valence-corrected chi connectivity index (χ3v) is 5.72. The first-order valence-electron chi connectivity index (χ1n) is 9.18. The first-order valence-corrected chi connectivity index (χ1v) is 9.97.